The predicted molar refractivity (Wildman–Crippen MR) is 71.7 cm³/mol. The van der Waals surface area contributed by atoms with E-state index in [1.54, 1.807) is 12.1 Å². The van der Waals surface area contributed by atoms with Crippen LogP contribution in [-0.4, -0.2) is 28.3 Å². The van der Waals surface area contributed by atoms with E-state index in [0.717, 1.165) is 25.2 Å². The van der Waals surface area contributed by atoms with Gasteiger partial charge in [0.05, 0.1) is 17.3 Å². The number of rotatable bonds is 2. The summed E-state index contributed by atoms with van der Waals surface area (Å²) in [6, 6.07) is 6.56. The van der Waals surface area contributed by atoms with Gasteiger partial charge in [0.15, 0.2) is 0 Å². The Labute approximate surface area is 116 Å². The number of anilines is 1. The molecule has 0 aliphatic carbocycles. The van der Waals surface area contributed by atoms with Crippen molar-refractivity contribution in [1.82, 2.24) is 15.2 Å². The number of aromatic amines is 1. The van der Waals surface area contributed by atoms with Crippen LogP contribution in [0.2, 0.25) is 0 Å². The summed E-state index contributed by atoms with van der Waals surface area (Å²) in [4.78, 5) is 6.19. The number of piperidine rings is 1. The Morgan fingerprint density at radius 3 is 3.05 bits per heavy atom. The predicted octanol–water partition coefficient (Wildman–Crippen LogP) is 2.20. The molecule has 0 saturated carbocycles. The van der Waals surface area contributed by atoms with Crippen molar-refractivity contribution in [1.29, 1.82) is 5.26 Å². The summed E-state index contributed by atoms with van der Waals surface area (Å²) < 4.78 is 14.1. The van der Waals surface area contributed by atoms with Crippen molar-refractivity contribution in [3.63, 3.8) is 0 Å². The molecule has 102 valence electrons. The molecular formula is C14H14FN5. The average molecular weight is 271 g/mol. The maximum Gasteiger partial charge on any atom is 0.147 e. The molecule has 1 unspecified atom stereocenters. The van der Waals surface area contributed by atoms with E-state index in [2.05, 4.69) is 15.2 Å². The van der Waals surface area contributed by atoms with E-state index in [1.807, 2.05) is 11.0 Å². The Kier molecular flexibility index (Phi) is 3.33. The van der Waals surface area contributed by atoms with Crippen LogP contribution >= 0.6 is 0 Å². The van der Waals surface area contributed by atoms with Crippen molar-refractivity contribution in [2.75, 3.05) is 18.0 Å². The van der Waals surface area contributed by atoms with Crippen LogP contribution < -0.4 is 4.90 Å². The van der Waals surface area contributed by atoms with Crippen LogP contribution in [0.3, 0.4) is 0 Å². The van der Waals surface area contributed by atoms with Gasteiger partial charge in [-0.05, 0) is 31.0 Å². The zero-order valence-corrected chi connectivity index (χ0v) is 10.9. The van der Waals surface area contributed by atoms with Crippen LogP contribution in [0.4, 0.5) is 10.1 Å². The summed E-state index contributed by atoms with van der Waals surface area (Å²) in [5, 5.41) is 15.5. The third kappa shape index (κ3) is 2.35. The SMILES string of the molecule is N#Cc1ccc(N2CCCC(c3ncn[nH]3)C2)c(F)c1. The van der Waals surface area contributed by atoms with E-state index in [9.17, 15) is 4.39 Å². The van der Waals surface area contributed by atoms with Gasteiger partial charge in [-0.2, -0.15) is 10.4 Å². The van der Waals surface area contributed by atoms with Crippen molar-refractivity contribution in [2.24, 2.45) is 0 Å². The van der Waals surface area contributed by atoms with Gasteiger partial charge >= 0.3 is 0 Å². The van der Waals surface area contributed by atoms with Crippen molar-refractivity contribution >= 4 is 5.69 Å². The summed E-state index contributed by atoms with van der Waals surface area (Å²) in [6.45, 7) is 1.52. The molecule has 0 amide bonds. The van der Waals surface area contributed by atoms with Gasteiger partial charge in [0, 0.05) is 19.0 Å². The molecule has 20 heavy (non-hydrogen) atoms. The molecule has 0 spiro atoms. The summed E-state index contributed by atoms with van der Waals surface area (Å²) in [5.41, 5.74) is 0.892. The van der Waals surface area contributed by atoms with Gasteiger partial charge in [0.25, 0.3) is 0 Å². The number of hydrogen-bond donors (Lipinski definition) is 1. The molecule has 0 radical (unpaired) electrons. The Morgan fingerprint density at radius 1 is 1.45 bits per heavy atom. The molecule has 2 heterocycles. The average Bonchev–Trinajstić information content (AvgIpc) is 3.01. The lowest BCUT2D eigenvalue weighted by Crippen LogP contribution is -2.35. The molecule has 1 saturated heterocycles. The minimum Gasteiger partial charge on any atom is -0.368 e. The second-order valence-electron chi connectivity index (χ2n) is 4.93. The van der Waals surface area contributed by atoms with Crippen LogP contribution in [0.25, 0.3) is 0 Å². The molecular weight excluding hydrogens is 257 g/mol. The maximum absolute atomic E-state index is 14.1. The van der Waals surface area contributed by atoms with E-state index in [4.69, 9.17) is 5.26 Å². The highest BCUT2D eigenvalue weighted by Crippen LogP contribution is 2.29. The number of benzene rings is 1. The standard InChI is InChI=1S/C14H14FN5/c15-12-6-10(7-16)3-4-13(12)20-5-1-2-11(8-20)14-17-9-18-19-14/h3-4,6,9,11H,1-2,5,8H2,(H,17,18,19). The van der Waals surface area contributed by atoms with Crippen molar-refractivity contribution in [2.45, 2.75) is 18.8 Å². The van der Waals surface area contributed by atoms with Crippen LogP contribution in [0.15, 0.2) is 24.5 Å². The molecule has 1 aliphatic heterocycles. The van der Waals surface area contributed by atoms with Gasteiger partial charge in [0.2, 0.25) is 0 Å². The molecule has 1 aliphatic rings. The van der Waals surface area contributed by atoms with Crippen molar-refractivity contribution < 1.29 is 4.39 Å². The summed E-state index contributed by atoms with van der Waals surface area (Å²) in [7, 11) is 0. The van der Waals surface area contributed by atoms with Gasteiger partial charge in [-0.25, -0.2) is 9.37 Å². The number of hydrogen-bond acceptors (Lipinski definition) is 4. The van der Waals surface area contributed by atoms with Gasteiger partial charge in [-0.3, -0.25) is 5.10 Å². The van der Waals surface area contributed by atoms with Crippen molar-refractivity contribution in [3.8, 4) is 6.07 Å². The lowest BCUT2D eigenvalue weighted by Gasteiger charge is -2.33. The number of halogens is 1. The van der Waals surface area contributed by atoms with E-state index in [0.29, 0.717) is 17.8 Å². The molecule has 3 rings (SSSR count). The molecule has 1 N–H and O–H groups in total. The number of nitrogens with zero attached hydrogens (tertiary/aromatic N) is 4. The Bertz CT molecular complexity index is 632. The molecule has 5 nitrogen and oxygen atoms in total. The topological polar surface area (TPSA) is 68.6 Å². The smallest absolute Gasteiger partial charge is 0.147 e. The maximum atomic E-state index is 14.1. The minimum absolute atomic E-state index is 0.237. The Hall–Kier alpha value is -2.42. The normalized spacial score (nSPS) is 18.8. The first kappa shape index (κ1) is 12.6. The lowest BCUT2D eigenvalue weighted by atomic mass is 9.96. The number of nitriles is 1. The molecule has 1 atom stereocenters. The Balaban J connectivity index is 1.82. The van der Waals surface area contributed by atoms with Crippen LogP contribution in [0, 0.1) is 17.1 Å². The zero-order chi connectivity index (χ0) is 13.9. The van der Waals surface area contributed by atoms with E-state index < -0.39 is 0 Å². The number of H-pyrrole nitrogens is 1. The minimum atomic E-state index is -0.345. The molecule has 1 fully saturated rings. The second kappa shape index (κ2) is 5.29. The largest absolute Gasteiger partial charge is 0.368 e. The monoisotopic (exact) mass is 271 g/mol. The molecule has 2 aromatic rings. The molecule has 6 heteroatoms. The first-order valence-corrected chi connectivity index (χ1v) is 6.58. The fourth-order valence-corrected chi connectivity index (χ4v) is 2.66. The lowest BCUT2D eigenvalue weighted by molar-refractivity contribution is 0.485. The fraction of sp³-hybridized carbons (Fsp3) is 0.357. The fourth-order valence-electron chi connectivity index (χ4n) is 2.66. The van der Waals surface area contributed by atoms with Crippen LogP contribution in [0.5, 0.6) is 0 Å². The van der Waals surface area contributed by atoms with Gasteiger partial charge in [-0.1, -0.05) is 0 Å². The van der Waals surface area contributed by atoms with Gasteiger partial charge < -0.3 is 4.90 Å². The van der Waals surface area contributed by atoms with Crippen LogP contribution in [0.1, 0.15) is 30.1 Å². The first-order valence-electron chi connectivity index (χ1n) is 6.58. The van der Waals surface area contributed by atoms with Gasteiger partial charge in [0.1, 0.15) is 18.0 Å². The molecule has 1 aromatic carbocycles. The molecule has 0 bridgehead atoms. The number of nitrogens with one attached hydrogen (secondary N) is 1. The van der Waals surface area contributed by atoms with E-state index in [1.165, 1.54) is 12.4 Å². The van der Waals surface area contributed by atoms with Crippen molar-refractivity contribution in [3.05, 3.63) is 41.7 Å². The summed E-state index contributed by atoms with van der Waals surface area (Å²) >= 11 is 0. The number of aromatic nitrogens is 3. The highest BCUT2D eigenvalue weighted by Gasteiger charge is 2.25. The molecule has 1 aromatic heterocycles. The third-order valence-electron chi connectivity index (χ3n) is 3.66. The van der Waals surface area contributed by atoms with E-state index in [-0.39, 0.29) is 11.7 Å². The third-order valence-corrected chi connectivity index (χ3v) is 3.66. The zero-order valence-electron chi connectivity index (χ0n) is 10.9. The second-order valence-corrected chi connectivity index (χ2v) is 4.93. The van der Waals surface area contributed by atoms with E-state index >= 15 is 0 Å². The highest BCUT2D eigenvalue weighted by atomic mass is 19.1. The van der Waals surface area contributed by atoms with Crippen LogP contribution in [-0.2, 0) is 0 Å². The first-order chi connectivity index (χ1) is 9.78. The summed E-state index contributed by atoms with van der Waals surface area (Å²) in [6.07, 6.45) is 3.49. The Morgan fingerprint density at radius 2 is 2.35 bits per heavy atom. The van der Waals surface area contributed by atoms with Gasteiger partial charge in [-0.15, -0.1) is 0 Å². The highest BCUT2D eigenvalue weighted by molar-refractivity contribution is 5.51. The quantitative estimate of drug-likeness (QED) is 0.909. The summed E-state index contributed by atoms with van der Waals surface area (Å²) in [5.74, 6) is 0.743.